The van der Waals surface area contributed by atoms with Crippen LogP contribution in [0.1, 0.15) is 49.7 Å². The smallest absolute Gasteiger partial charge is 0.396 e. The van der Waals surface area contributed by atoms with E-state index in [-0.39, 0.29) is 5.89 Å². The first-order valence-corrected chi connectivity index (χ1v) is 7.41. The van der Waals surface area contributed by atoms with E-state index >= 15 is 0 Å². The first kappa shape index (κ1) is 13.4. The van der Waals surface area contributed by atoms with Crippen molar-refractivity contribution in [3.8, 4) is 0 Å². The summed E-state index contributed by atoms with van der Waals surface area (Å²) in [6, 6.07) is 0. The van der Waals surface area contributed by atoms with Gasteiger partial charge in [-0.1, -0.05) is 36.1 Å². The molecule has 1 heterocycles. The Morgan fingerprint density at radius 2 is 2.17 bits per heavy atom. The second-order valence-electron chi connectivity index (χ2n) is 4.41. The van der Waals surface area contributed by atoms with Gasteiger partial charge in [-0.25, -0.2) is 4.79 Å². The van der Waals surface area contributed by atoms with Gasteiger partial charge in [0.2, 0.25) is 0 Å². The van der Waals surface area contributed by atoms with Gasteiger partial charge in [0.05, 0.1) is 6.61 Å². The Labute approximate surface area is 111 Å². The summed E-state index contributed by atoms with van der Waals surface area (Å²) in [5, 5.41) is 8.00. The highest BCUT2D eigenvalue weighted by Gasteiger charge is 2.18. The fourth-order valence-electron chi connectivity index (χ4n) is 2.09. The molecule has 0 N–H and O–H groups in total. The van der Waals surface area contributed by atoms with Crippen LogP contribution in [0.3, 0.4) is 0 Å². The van der Waals surface area contributed by atoms with Crippen molar-refractivity contribution in [1.29, 1.82) is 0 Å². The molecule has 0 unspecified atom stereocenters. The van der Waals surface area contributed by atoms with Gasteiger partial charge in [0.1, 0.15) is 0 Å². The Bertz CT molecular complexity index is 388. The quantitative estimate of drug-likeness (QED) is 0.605. The molecule has 0 aromatic carbocycles. The van der Waals surface area contributed by atoms with Crippen molar-refractivity contribution in [2.45, 2.75) is 44.3 Å². The molecular weight excluding hydrogens is 252 g/mol. The van der Waals surface area contributed by atoms with Crippen molar-refractivity contribution >= 4 is 17.7 Å². The fraction of sp³-hybridized carbons (Fsp3) is 0.750. The standard InChI is InChI=1S/C12H18N2O3S/c1-2-16-11(15)10-13-14-12(17-10)18-8-9-6-4-3-5-7-9/h9H,2-8H2,1H3. The molecular formula is C12H18N2O3S. The molecule has 2 rings (SSSR count). The summed E-state index contributed by atoms with van der Waals surface area (Å²) in [6.07, 6.45) is 6.57. The third kappa shape index (κ3) is 3.73. The van der Waals surface area contributed by atoms with Gasteiger partial charge in [-0.2, -0.15) is 0 Å². The lowest BCUT2D eigenvalue weighted by atomic mass is 9.91. The summed E-state index contributed by atoms with van der Waals surface area (Å²) >= 11 is 1.54. The molecule has 0 aliphatic heterocycles. The van der Waals surface area contributed by atoms with Gasteiger partial charge in [0.15, 0.2) is 0 Å². The monoisotopic (exact) mass is 270 g/mol. The Morgan fingerprint density at radius 3 is 2.89 bits per heavy atom. The molecule has 0 radical (unpaired) electrons. The molecule has 6 heteroatoms. The largest absolute Gasteiger partial charge is 0.459 e. The van der Waals surface area contributed by atoms with Crippen LogP contribution in [0.2, 0.25) is 0 Å². The van der Waals surface area contributed by atoms with Gasteiger partial charge in [-0.3, -0.25) is 0 Å². The van der Waals surface area contributed by atoms with Gasteiger partial charge < -0.3 is 9.15 Å². The maximum atomic E-state index is 11.3. The van der Waals surface area contributed by atoms with E-state index in [0.717, 1.165) is 11.7 Å². The number of hydrogen-bond donors (Lipinski definition) is 0. The second kappa shape index (κ2) is 6.78. The van der Waals surface area contributed by atoms with E-state index in [1.807, 2.05) is 0 Å². The Morgan fingerprint density at radius 1 is 1.39 bits per heavy atom. The van der Waals surface area contributed by atoms with Crippen LogP contribution in [0.25, 0.3) is 0 Å². The van der Waals surface area contributed by atoms with Crippen LogP contribution in [0.15, 0.2) is 9.64 Å². The Balaban J connectivity index is 1.80. The van der Waals surface area contributed by atoms with E-state index in [0.29, 0.717) is 11.8 Å². The molecule has 0 amide bonds. The maximum absolute atomic E-state index is 11.3. The number of thioether (sulfide) groups is 1. The molecule has 0 saturated heterocycles. The number of carbonyl (C=O) groups is 1. The Hall–Kier alpha value is -1.04. The highest BCUT2D eigenvalue weighted by molar-refractivity contribution is 7.99. The number of rotatable bonds is 5. The van der Waals surface area contributed by atoms with Crippen LogP contribution in [0.4, 0.5) is 0 Å². The first-order valence-electron chi connectivity index (χ1n) is 6.43. The average molecular weight is 270 g/mol. The minimum atomic E-state index is -0.547. The maximum Gasteiger partial charge on any atom is 0.396 e. The highest BCUT2D eigenvalue weighted by Crippen LogP contribution is 2.29. The van der Waals surface area contributed by atoms with Crippen LogP contribution >= 0.6 is 11.8 Å². The van der Waals surface area contributed by atoms with Crippen molar-refractivity contribution < 1.29 is 13.9 Å². The van der Waals surface area contributed by atoms with Crippen molar-refractivity contribution in [1.82, 2.24) is 10.2 Å². The predicted octanol–water partition coefficient (Wildman–Crippen LogP) is 2.92. The Kier molecular flexibility index (Phi) is 5.04. The number of hydrogen-bond acceptors (Lipinski definition) is 6. The van der Waals surface area contributed by atoms with Crippen LogP contribution in [0, 0.1) is 5.92 Å². The molecule has 1 fully saturated rings. The van der Waals surface area contributed by atoms with E-state index in [1.165, 1.54) is 43.9 Å². The fourth-order valence-corrected chi connectivity index (χ4v) is 3.03. The van der Waals surface area contributed by atoms with Crippen LogP contribution in [-0.4, -0.2) is 28.5 Å². The summed E-state index contributed by atoms with van der Waals surface area (Å²) in [5.74, 6) is 1.13. The lowest BCUT2D eigenvalue weighted by Crippen LogP contribution is -2.08. The topological polar surface area (TPSA) is 65.2 Å². The lowest BCUT2D eigenvalue weighted by Gasteiger charge is -2.19. The normalized spacial score (nSPS) is 16.7. The van der Waals surface area contributed by atoms with E-state index < -0.39 is 5.97 Å². The zero-order valence-electron chi connectivity index (χ0n) is 10.6. The van der Waals surface area contributed by atoms with Gasteiger partial charge in [0.25, 0.3) is 5.22 Å². The first-order chi connectivity index (χ1) is 8.79. The van der Waals surface area contributed by atoms with Gasteiger partial charge in [0, 0.05) is 5.75 Å². The van der Waals surface area contributed by atoms with Gasteiger partial charge in [-0.05, 0) is 25.7 Å². The molecule has 0 spiro atoms. The average Bonchev–Trinajstić information content (AvgIpc) is 2.87. The van der Waals surface area contributed by atoms with Gasteiger partial charge >= 0.3 is 11.9 Å². The number of ether oxygens (including phenoxy) is 1. The van der Waals surface area contributed by atoms with Crippen LogP contribution < -0.4 is 0 Å². The van der Waals surface area contributed by atoms with E-state index in [1.54, 1.807) is 6.92 Å². The van der Waals surface area contributed by atoms with E-state index in [2.05, 4.69) is 10.2 Å². The predicted molar refractivity (Wildman–Crippen MR) is 67.6 cm³/mol. The lowest BCUT2D eigenvalue weighted by molar-refractivity contribution is 0.0475. The second-order valence-corrected chi connectivity index (χ2v) is 5.38. The molecule has 1 saturated carbocycles. The van der Waals surface area contributed by atoms with Crippen molar-refractivity contribution in [3.63, 3.8) is 0 Å². The molecule has 1 aromatic rings. The van der Waals surface area contributed by atoms with Crippen LogP contribution in [-0.2, 0) is 4.74 Å². The van der Waals surface area contributed by atoms with E-state index in [9.17, 15) is 4.79 Å². The minimum Gasteiger partial charge on any atom is -0.459 e. The van der Waals surface area contributed by atoms with Crippen LogP contribution in [0.5, 0.6) is 0 Å². The van der Waals surface area contributed by atoms with E-state index in [4.69, 9.17) is 9.15 Å². The molecule has 5 nitrogen and oxygen atoms in total. The summed E-state index contributed by atoms with van der Waals surface area (Å²) in [6.45, 7) is 2.05. The van der Waals surface area contributed by atoms with Gasteiger partial charge in [-0.15, -0.1) is 5.10 Å². The molecule has 1 aliphatic rings. The molecule has 0 atom stereocenters. The number of nitrogens with zero attached hydrogens (tertiary/aromatic N) is 2. The summed E-state index contributed by atoms with van der Waals surface area (Å²) in [5.41, 5.74) is 0. The molecule has 0 bridgehead atoms. The third-order valence-corrected chi connectivity index (χ3v) is 4.07. The number of carbonyl (C=O) groups excluding carboxylic acids is 1. The molecule has 1 aromatic heterocycles. The van der Waals surface area contributed by atoms with Crippen molar-refractivity contribution in [3.05, 3.63) is 5.89 Å². The van der Waals surface area contributed by atoms with Crippen molar-refractivity contribution in [2.24, 2.45) is 5.92 Å². The third-order valence-electron chi connectivity index (χ3n) is 3.02. The molecule has 18 heavy (non-hydrogen) atoms. The highest BCUT2D eigenvalue weighted by atomic mass is 32.2. The van der Waals surface area contributed by atoms with Crippen molar-refractivity contribution in [2.75, 3.05) is 12.4 Å². The molecule has 1 aliphatic carbocycles. The number of esters is 1. The molecule has 100 valence electrons. The SMILES string of the molecule is CCOC(=O)c1nnc(SCC2CCCCC2)o1. The summed E-state index contributed by atoms with van der Waals surface area (Å²) in [7, 11) is 0. The summed E-state index contributed by atoms with van der Waals surface area (Å²) in [4.78, 5) is 11.3. The summed E-state index contributed by atoms with van der Waals surface area (Å²) < 4.78 is 10.0. The minimum absolute atomic E-state index is 0.0528. The zero-order valence-corrected chi connectivity index (χ0v) is 11.4. The number of aromatic nitrogens is 2. The zero-order chi connectivity index (χ0) is 12.8.